The summed E-state index contributed by atoms with van der Waals surface area (Å²) in [6, 6.07) is 0. The maximum Gasteiger partial charge on any atom is 0.307 e. The quantitative estimate of drug-likeness (QED) is 0.868. The summed E-state index contributed by atoms with van der Waals surface area (Å²) >= 11 is 1.69. The molecular formula is C11H16N2O2S. The van der Waals surface area contributed by atoms with Crippen LogP contribution in [0.1, 0.15) is 24.0 Å². The Kier molecular flexibility index (Phi) is 3.56. The van der Waals surface area contributed by atoms with Gasteiger partial charge >= 0.3 is 5.97 Å². The molecule has 0 bridgehead atoms. The highest BCUT2D eigenvalue weighted by atomic mass is 32.1. The summed E-state index contributed by atoms with van der Waals surface area (Å²) in [7, 11) is 0. The first-order chi connectivity index (χ1) is 7.69. The van der Waals surface area contributed by atoms with Crippen LogP contribution in [0.2, 0.25) is 0 Å². The Balaban J connectivity index is 1.89. The van der Waals surface area contributed by atoms with Crippen molar-refractivity contribution >= 4 is 17.3 Å². The fraction of sp³-hybridized carbons (Fsp3) is 0.636. The van der Waals surface area contributed by atoms with E-state index in [4.69, 9.17) is 5.11 Å². The highest BCUT2D eigenvalue weighted by Crippen LogP contribution is 2.19. The molecule has 0 aliphatic carbocycles. The van der Waals surface area contributed by atoms with E-state index >= 15 is 0 Å². The summed E-state index contributed by atoms with van der Waals surface area (Å²) in [5.74, 6) is -0.862. The smallest absolute Gasteiger partial charge is 0.307 e. The fourth-order valence-corrected chi connectivity index (χ4v) is 2.73. The Morgan fingerprint density at radius 1 is 1.75 bits per heavy atom. The number of hydrogen-bond donors (Lipinski definition) is 1. The molecule has 88 valence electrons. The number of aliphatic carboxylic acids is 1. The highest BCUT2D eigenvalue weighted by Gasteiger charge is 2.28. The Labute approximate surface area is 98.9 Å². The molecule has 1 aromatic heterocycles. The van der Waals surface area contributed by atoms with Gasteiger partial charge in [-0.1, -0.05) is 6.92 Å². The van der Waals surface area contributed by atoms with Crippen LogP contribution in [-0.2, 0) is 17.8 Å². The third-order valence-electron chi connectivity index (χ3n) is 2.91. The van der Waals surface area contributed by atoms with Gasteiger partial charge in [-0.15, -0.1) is 11.3 Å². The summed E-state index contributed by atoms with van der Waals surface area (Å²) < 4.78 is 0. The summed E-state index contributed by atoms with van der Waals surface area (Å²) in [6.45, 7) is 4.42. The standard InChI is InChI=1S/C11H16N2O2S/c1-2-10-12-9(7-16-10)6-13-4-3-8(5-13)11(14)15/h7-8H,2-6H2,1H3,(H,14,15). The number of thiazole rings is 1. The molecule has 0 radical (unpaired) electrons. The molecule has 0 amide bonds. The second kappa shape index (κ2) is 4.93. The van der Waals surface area contributed by atoms with Gasteiger partial charge in [0.1, 0.15) is 0 Å². The number of carboxylic acids is 1. The van der Waals surface area contributed by atoms with Gasteiger partial charge in [0.05, 0.1) is 16.6 Å². The zero-order valence-corrected chi connectivity index (χ0v) is 10.2. The average molecular weight is 240 g/mol. The van der Waals surface area contributed by atoms with Crippen molar-refractivity contribution in [3.05, 3.63) is 16.1 Å². The predicted octanol–water partition coefficient (Wildman–Crippen LogP) is 1.61. The molecule has 0 aromatic carbocycles. The second-order valence-electron chi connectivity index (χ2n) is 4.15. The van der Waals surface area contributed by atoms with Gasteiger partial charge in [0.25, 0.3) is 0 Å². The number of carbonyl (C=O) groups is 1. The molecule has 1 aliphatic rings. The van der Waals surface area contributed by atoms with Gasteiger partial charge in [-0.25, -0.2) is 4.98 Å². The zero-order valence-electron chi connectivity index (χ0n) is 9.35. The molecule has 1 unspecified atom stereocenters. The summed E-state index contributed by atoms with van der Waals surface area (Å²) in [5.41, 5.74) is 1.08. The number of aryl methyl sites for hydroxylation is 1. The summed E-state index contributed by atoms with van der Waals surface area (Å²) in [5, 5.41) is 12.1. The van der Waals surface area contributed by atoms with E-state index < -0.39 is 5.97 Å². The topological polar surface area (TPSA) is 53.4 Å². The number of likely N-dealkylation sites (tertiary alicyclic amines) is 1. The molecular weight excluding hydrogens is 224 g/mol. The molecule has 0 spiro atoms. The molecule has 1 N–H and O–H groups in total. The van der Waals surface area contributed by atoms with Crippen molar-refractivity contribution in [3.8, 4) is 0 Å². The molecule has 1 aromatic rings. The van der Waals surface area contributed by atoms with Crippen LogP contribution in [0, 0.1) is 5.92 Å². The van der Waals surface area contributed by atoms with Crippen LogP contribution in [-0.4, -0.2) is 34.0 Å². The van der Waals surface area contributed by atoms with E-state index in [1.807, 2.05) is 0 Å². The summed E-state index contributed by atoms with van der Waals surface area (Å²) in [4.78, 5) is 17.5. The Bertz CT molecular complexity index is 378. The van der Waals surface area contributed by atoms with E-state index in [1.54, 1.807) is 11.3 Å². The first-order valence-electron chi connectivity index (χ1n) is 5.57. The molecule has 2 rings (SSSR count). The average Bonchev–Trinajstić information content (AvgIpc) is 2.87. The minimum atomic E-state index is -0.671. The summed E-state index contributed by atoms with van der Waals surface area (Å²) in [6.07, 6.45) is 1.74. The molecule has 1 saturated heterocycles. The Hall–Kier alpha value is -0.940. The maximum atomic E-state index is 10.8. The van der Waals surface area contributed by atoms with E-state index in [-0.39, 0.29) is 5.92 Å². The van der Waals surface area contributed by atoms with Crippen LogP contribution < -0.4 is 0 Å². The first-order valence-corrected chi connectivity index (χ1v) is 6.45. The Morgan fingerprint density at radius 3 is 3.12 bits per heavy atom. The van der Waals surface area contributed by atoms with Gasteiger partial charge in [0.15, 0.2) is 0 Å². The lowest BCUT2D eigenvalue weighted by Gasteiger charge is -2.12. The fourth-order valence-electron chi connectivity index (χ4n) is 1.99. The number of aromatic nitrogens is 1. The van der Waals surface area contributed by atoms with Crippen LogP contribution in [0.4, 0.5) is 0 Å². The number of nitrogens with zero attached hydrogens (tertiary/aromatic N) is 2. The lowest BCUT2D eigenvalue weighted by atomic mass is 10.1. The van der Waals surface area contributed by atoms with Gasteiger partial charge in [-0.05, 0) is 19.4 Å². The second-order valence-corrected chi connectivity index (χ2v) is 5.09. The van der Waals surface area contributed by atoms with E-state index in [9.17, 15) is 4.79 Å². The largest absolute Gasteiger partial charge is 0.481 e. The molecule has 1 aliphatic heterocycles. The first kappa shape index (κ1) is 11.5. The normalized spacial score (nSPS) is 21.4. The molecule has 4 nitrogen and oxygen atoms in total. The van der Waals surface area contributed by atoms with Crippen LogP contribution in [0.25, 0.3) is 0 Å². The molecule has 0 saturated carbocycles. The minimum Gasteiger partial charge on any atom is -0.481 e. The van der Waals surface area contributed by atoms with E-state index in [2.05, 4.69) is 22.2 Å². The van der Waals surface area contributed by atoms with Crippen molar-refractivity contribution < 1.29 is 9.90 Å². The highest BCUT2D eigenvalue weighted by molar-refractivity contribution is 7.09. The van der Waals surface area contributed by atoms with Gasteiger partial charge < -0.3 is 5.11 Å². The monoisotopic (exact) mass is 240 g/mol. The molecule has 16 heavy (non-hydrogen) atoms. The molecule has 1 fully saturated rings. The van der Waals surface area contributed by atoms with Crippen LogP contribution >= 0.6 is 11.3 Å². The van der Waals surface area contributed by atoms with Crippen molar-refractivity contribution in [1.82, 2.24) is 9.88 Å². The number of hydrogen-bond acceptors (Lipinski definition) is 4. The van der Waals surface area contributed by atoms with Crippen molar-refractivity contribution in [2.45, 2.75) is 26.3 Å². The van der Waals surface area contributed by atoms with Crippen molar-refractivity contribution in [2.75, 3.05) is 13.1 Å². The van der Waals surface area contributed by atoms with E-state index in [0.717, 1.165) is 36.6 Å². The van der Waals surface area contributed by atoms with E-state index in [1.165, 1.54) is 0 Å². The lowest BCUT2D eigenvalue weighted by Crippen LogP contribution is -2.22. The van der Waals surface area contributed by atoms with Gasteiger partial charge in [-0.3, -0.25) is 9.69 Å². The van der Waals surface area contributed by atoms with Gasteiger partial charge in [-0.2, -0.15) is 0 Å². The van der Waals surface area contributed by atoms with Gasteiger partial charge in [0, 0.05) is 18.5 Å². The number of carboxylic acid groups (broad SMARTS) is 1. The van der Waals surface area contributed by atoms with Gasteiger partial charge in [0.2, 0.25) is 0 Å². The van der Waals surface area contributed by atoms with Crippen LogP contribution in [0.15, 0.2) is 5.38 Å². The van der Waals surface area contributed by atoms with Crippen molar-refractivity contribution in [2.24, 2.45) is 5.92 Å². The van der Waals surface area contributed by atoms with Crippen LogP contribution in [0.5, 0.6) is 0 Å². The number of rotatable bonds is 4. The SMILES string of the molecule is CCc1nc(CN2CCC(C(=O)O)C2)cs1. The van der Waals surface area contributed by atoms with E-state index in [0.29, 0.717) is 6.54 Å². The predicted molar refractivity (Wildman–Crippen MR) is 62.5 cm³/mol. The van der Waals surface area contributed by atoms with Crippen LogP contribution in [0.3, 0.4) is 0 Å². The van der Waals surface area contributed by atoms with Crippen molar-refractivity contribution in [3.63, 3.8) is 0 Å². The molecule has 1 atom stereocenters. The molecule has 2 heterocycles. The minimum absolute atomic E-state index is 0.190. The van der Waals surface area contributed by atoms with Crippen molar-refractivity contribution in [1.29, 1.82) is 0 Å². The lowest BCUT2D eigenvalue weighted by molar-refractivity contribution is -0.141. The maximum absolute atomic E-state index is 10.8. The molecule has 5 heteroatoms. The third-order valence-corrected chi connectivity index (χ3v) is 3.95. The zero-order chi connectivity index (χ0) is 11.5. The third kappa shape index (κ3) is 2.59. The Morgan fingerprint density at radius 2 is 2.56 bits per heavy atom.